The molecule has 4 nitrogen and oxygen atoms in total. The molecule has 0 saturated carbocycles. The van der Waals surface area contributed by atoms with Crippen LogP contribution in [0.1, 0.15) is 11.5 Å². The molecule has 0 saturated heterocycles. The molecular weight excluding hydrogens is 200 g/mol. The van der Waals surface area contributed by atoms with Crippen molar-refractivity contribution in [3.63, 3.8) is 0 Å². The third-order valence-corrected chi connectivity index (χ3v) is 2.35. The second-order valence-electron chi connectivity index (χ2n) is 3.12. The predicted octanol–water partition coefficient (Wildman–Crippen LogP) is 1.19. The normalized spacial score (nSPS) is 11.1. The van der Waals surface area contributed by atoms with Crippen molar-refractivity contribution in [2.75, 3.05) is 6.54 Å². The number of aromatic nitrogens is 3. The largest absolute Gasteiger partial charge is 0.330 e. The van der Waals surface area contributed by atoms with Gasteiger partial charge in [0.25, 0.3) is 0 Å². The summed E-state index contributed by atoms with van der Waals surface area (Å²) in [6.45, 7) is 2.47. The number of fused-ring (bicyclic) bond motifs is 1. The van der Waals surface area contributed by atoms with E-state index in [1.54, 1.807) is 6.20 Å². The molecule has 0 aliphatic rings. The Morgan fingerprint density at radius 1 is 1.57 bits per heavy atom. The van der Waals surface area contributed by atoms with Crippen LogP contribution in [0.5, 0.6) is 0 Å². The van der Waals surface area contributed by atoms with Crippen molar-refractivity contribution < 1.29 is 0 Å². The van der Waals surface area contributed by atoms with Gasteiger partial charge in [0, 0.05) is 12.1 Å². The highest BCUT2D eigenvalue weighted by Crippen LogP contribution is 2.14. The number of hydrogen-bond donors (Lipinski definition) is 1. The lowest BCUT2D eigenvalue weighted by Gasteiger charge is -2.03. The molecule has 0 radical (unpaired) electrons. The van der Waals surface area contributed by atoms with Crippen LogP contribution in [-0.4, -0.2) is 20.9 Å². The summed E-state index contributed by atoms with van der Waals surface area (Å²) in [6, 6.07) is 1.96. The summed E-state index contributed by atoms with van der Waals surface area (Å²) in [5.74, 6) is 0.844. The average Bonchev–Trinajstić information content (AvgIpc) is 2.48. The Labute approximate surface area is 86.7 Å². The lowest BCUT2D eigenvalue weighted by molar-refractivity contribution is 0.896. The molecule has 0 aromatic carbocycles. The van der Waals surface area contributed by atoms with E-state index < -0.39 is 0 Å². The number of halogens is 1. The molecule has 74 valence electrons. The highest BCUT2D eigenvalue weighted by molar-refractivity contribution is 6.28. The lowest BCUT2D eigenvalue weighted by Crippen LogP contribution is -2.06. The van der Waals surface area contributed by atoms with Gasteiger partial charge >= 0.3 is 0 Å². The highest BCUT2D eigenvalue weighted by Gasteiger charge is 2.06. The molecule has 0 aliphatic carbocycles. The summed E-state index contributed by atoms with van der Waals surface area (Å²) in [5, 5.41) is 0.445. The van der Waals surface area contributed by atoms with Crippen molar-refractivity contribution in [1.29, 1.82) is 0 Å². The van der Waals surface area contributed by atoms with Gasteiger partial charge in [-0.05, 0) is 31.1 Å². The van der Waals surface area contributed by atoms with Crippen molar-refractivity contribution in [3.05, 3.63) is 29.1 Å². The third kappa shape index (κ3) is 1.47. The minimum atomic E-state index is 0.445. The zero-order chi connectivity index (χ0) is 10.1. The quantitative estimate of drug-likeness (QED) is 0.758. The van der Waals surface area contributed by atoms with Crippen molar-refractivity contribution in [2.45, 2.75) is 13.3 Å². The highest BCUT2D eigenvalue weighted by atomic mass is 35.5. The van der Waals surface area contributed by atoms with E-state index in [9.17, 15) is 0 Å². The Kier molecular flexibility index (Phi) is 2.39. The van der Waals surface area contributed by atoms with Crippen molar-refractivity contribution in [3.8, 4) is 0 Å². The Hall–Kier alpha value is -1.13. The molecule has 2 aromatic rings. The summed E-state index contributed by atoms with van der Waals surface area (Å²) < 4.78 is 1.81. The lowest BCUT2D eigenvalue weighted by atomic mass is 10.3. The number of hydrogen-bond acceptors (Lipinski definition) is 3. The molecule has 2 rings (SSSR count). The van der Waals surface area contributed by atoms with Crippen LogP contribution in [0.2, 0.25) is 5.28 Å². The fourth-order valence-electron chi connectivity index (χ4n) is 1.45. The van der Waals surface area contributed by atoms with Crippen LogP contribution in [0.15, 0.2) is 12.3 Å². The molecular formula is C9H11ClN4. The predicted molar refractivity (Wildman–Crippen MR) is 55.5 cm³/mol. The number of imidazole rings is 1. The molecule has 0 spiro atoms. The van der Waals surface area contributed by atoms with Gasteiger partial charge in [-0.15, -0.1) is 0 Å². The number of nitrogens with two attached hydrogens (primary N) is 1. The standard InChI is InChI=1S/C9H11ClN4/c1-6-12-5-8-4-7(2-3-11)13-9(10)14(6)8/h4-5H,2-3,11H2,1H3. The Morgan fingerprint density at radius 2 is 2.36 bits per heavy atom. The molecule has 0 unspecified atom stereocenters. The van der Waals surface area contributed by atoms with Crippen LogP contribution >= 0.6 is 11.6 Å². The second-order valence-corrected chi connectivity index (χ2v) is 3.46. The van der Waals surface area contributed by atoms with E-state index in [1.807, 2.05) is 17.4 Å². The molecule has 0 fully saturated rings. The van der Waals surface area contributed by atoms with E-state index in [-0.39, 0.29) is 0 Å². The molecule has 0 amide bonds. The van der Waals surface area contributed by atoms with Crippen molar-refractivity contribution in [1.82, 2.24) is 14.4 Å². The van der Waals surface area contributed by atoms with E-state index in [1.165, 1.54) is 0 Å². The summed E-state index contributed by atoms with van der Waals surface area (Å²) in [7, 11) is 0. The van der Waals surface area contributed by atoms with Crippen molar-refractivity contribution in [2.24, 2.45) is 5.73 Å². The Morgan fingerprint density at radius 3 is 3.07 bits per heavy atom. The first-order chi connectivity index (χ1) is 6.72. The van der Waals surface area contributed by atoms with Crippen LogP contribution in [-0.2, 0) is 6.42 Å². The van der Waals surface area contributed by atoms with Gasteiger partial charge in [0.2, 0.25) is 5.28 Å². The SMILES string of the molecule is Cc1ncc2cc(CCN)nc(Cl)n12. The third-order valence-electron chi connectivity index (χ3n) is 2.10. The van der Waals surface area contributed by atoms with E-state index >= 15 is 0 Å². The number of aryl methyl sites for hydroxylation is 1. The van der Waals surface area contributed by atoms with Crippen LogP contribution < -0.4 is 5.73 Å². The van der Waals surface area contributed by atoms with Crippen molar-refractivity contribution >= 4 is 17.1 Å². The van der Waals surface area contributed by atoms with Gasteiger partial charge in [-0.3, -0.25) is 4.40 Å². The van der Waals surface area contributed by atoms with Gasteiger partial charge in [0.05, 0.1) is 11.7 Å². The van der Waals surface area contributed by atoms with Gasteiger partial charge in [0.1, 0.15) is 5.82 Å². The molecule has 0 atom stereocenters. The van der Waals surface area contributed by atoms with E-state index in [4.69, 9.17) is 17.3 Å². The van der Waals surface area contributed by atoms with Crippen LogP contribution in [0.3, 0.4) is 0 Å². The Balaban J connectivity index is 2.62. The van der Waals surface area contributed by atoms with Crippen LogP contribution in [0.25, 0.3) is 5.52 Å². The number of nitrogens with zero attached hydrogens (tertiary/aromatic N) is 3. The number of rotatable bonds is 2. The summed E-state index contributed by atoms with van der Waals surface area (Å²) in [6.07, 6.45) is 2.52. The maximum absolute atomic E-state index is 6.02. The van der Waals surface area contributed by atoms with Crippen LogP contribution in [0.4, 0.5) is 0 Å². The smallest absolute Gasteiger partial charge is 0.208 e. The monoisotopic (exact) mass is 210 g/mol. The summed E-state index contributed by atoms with van der Waals surface area (Å²) >= 11 is 6.02. The minimum absolute atomic E-state index is 0.445. The van der Waals surface area contributed by atoms with E-state index in [0.29, 0.717) is 11.8 Å². The molecule has 5 heteroatoms. The van der Waals surface area contributed by atoms with E-state index in [2.05, 4.69) is 9.97 Å². The van der Waals surface area contributed by atoms with Gasteiger partial charge in [-0.2, -0.15) is 0 Å². The molecule has 0 bridgehead atoms. The molecule has 2 aromatic heterocycles. The molecule has 14 heavy (non-hydrogen) atoms. The second kappa shape index (κ2) is 3.55. The first kappa shape index (κ1) is 9.43. The topological polar surface area (TPSA) is 56.2 Å². The van der Waals surface area contributed by atoms with Gasteiger partial charge in [-0.1, -0.05) is 0 Å². The Bertz CT molecular complexity index is 463. The fraction of sp³-hybridized carbons (Fsp3) is 0.333. The molecule has 0 aliphatic heterocycles. The maximum Gasteiger partial charge on any atom is 0.208 e. The van der Waals surface area contributed by atoms with Gasteiger partial charge in [0.15, 0.2) is 0 Å². The fourth-order valence-corrected chi connectivity index (χ4v) is 1.78. The zero-order valence-electron chi connectivity index (χ0n) is 7.87. The zero-order valence-corrected chi connectivity index (χ0v) is 8.62. The summed E-state index contributed by atoms with van der Waals surface area (Å²) in [4.78, 5) is 8.40. The van der Waals surface area contributed by atoms with E-state index in [0.717, 1.165) is 23.5 Å². The average molecular weight is 211 g/mol. The van der Waals surface area contributed by atoms with Gasteiger partial charge < -0.3 is 5.73 Å². The molecule has 2 N–H and O–H groups in total. The van der Waals surface area contributed by atoms with Gasteiger partial charge in [-0.25, -0.2) is 9.97 Å². The molecule has 2 heterocycles. The summed E-state index contributed by atoms with van der Waals surface area (Å²) in [5.41, 5.74) is 7.33. The minimum Gasteiger partial charge on any atom is -0.330 e. The maximum atomic E-state index is 6.02. The van der Waals surface area contributed by atoms with Crippen LogP contribution in [0, 0.1) is 6.92 Å². The first-order valence-electron chi connectivity index (χ1n) is 4.42. The first-order valence-corrected chi connectivity index (χ1v) is 4.79.